The molecule has 15 heavy (non-hydrogen) atoms. The number of Topliss-reactive ketones (excluding diaryl/α,β-unsaturated/α-hetero) is 1. The molecule has 2 heteroatoms. The van der Waals surface area contributed by atoms with Crippen molar-refractivity contribution in [3.63, 3.8) is 0 Å². The molecule has 0 atom stereocenters. The van der Waals surface area contributed by atoms with E-state index in [0.29, 0.717) is 5.78 Å². The normalized spacial score (nSPS) is 19.7. The van der Waals surface area contributed by atoms with Gasteiger partial charge in [0, 0.05) is 6.42 Å². The molecule has 0 radical (unpaired) electrons. The second-order valence-corrected chi connectivity index (χ2v) is 5.01. The van der Waals surface area contributed by atoms with Gasteiger partial charge in [-0.25, -0.2) is 0 Å². The molecule has 0 aromatic carbocycles. The van der Waals surface area contributed by atoms with Crippen molar-refractivity contribution < 1.29 is 4.79 Å². The van der Waals surface area contributed by atoms with Crippen molar-refractivity contribution in [1.29, 1.82) is 0 Å². The Morgan fingerprint density at radius 3 is 2.27 bits per heavy atom. The van der Waals surface area contributed by atoms with E-state index in [1.165, 1.54) is 25.7 Å². The van der Waals surface area contributed by atoms with Gasteiger partial charge >= 0.3 is 0 Å². The number of hydrogen-bond donors (Lipinski definition) is 0. The summed E-state index contributed by atoms with van der Waals surface area (Å²) in [7, 11) is 4.12. The summed E-state index contributed by atoms with van der Waals surface area (Å²) in [5, 5.41) is 0. The van der Waals surface area contributed by atoms with Crippen LogP contribution in [0.3, 0.4) is 0 Å². The summed E-state index contributed by atoms with van der Waals surface area (Å²) in [5.74, 6) is 0.485. The van der Waals surface area contributed by atoms with Gasteiger partial charge in [-0.1, -0.05) is 32.6 Å². The highest BCUT2D eigenvalue weighted by Crippen LogP contribution is 2.35. The molecule has 0 heterocycles. The standard InChI is InChI=1S/C13H25NO/c1-4-5-6-9-12(15)13(14(2)3)10-7-8-11-13/h4-11H2,1-3H3. The van der Waals surface area contributed by atoms with Crippen LogP contribution in [-0.4, -0.2) is 30.3 Å². The molecule has 1 aliphatic carbocycles. The van der Waals surface area contributed by atoms with E-state index in [9.17, 15) is 4.79 Å². The van der Waals surface area contributed by atoms with Gasteiger partial charge in [0.2, 0.25) is 0 Å². The molecule has 88 valence electrons. The van der Waals surface area contributed by atoms with Gasteiger partial charge in [-0.15, -0.1) is 0 Å². The predicted molar refractivity (Wildman–Crippen MR) is 64.0 cm³/mol. The van der Waals surface area contributed by atoms with Crippen LogP contribution in [0, 0.1) is 0 Å². The molecule has 0 bridgehead atoms. The average Bonchev–Trinajstić information content (AvgIpc) is 2.67. The van der Waals surface area contributed by atoms with E-state index in [1.807, 2.05) is 0 Å². The van der Waals surface area contributed by atoms with Crippen molar-refractivity contribution in [2.24, 2.45) is 0 Å². The van der Waals surface area contributed by atoms with E-state index in [2.05, 4.69) is 25.9 Å². The SMILES string of the molecule is CCCCCC(=O)C1(N(C)C)CCCC1. The summed E-state index contributed by atoms with van der Waals surface area (Å²) in [4.78, 5) is 14.4. The van der Waals surface area contributed by atoms with Gasteiger partial charge in [-0.3, -0.25) is 9.69 Å². The summed E-state index contributed by atoms with van der Waals surface area (Å²) in [5.41, 5.74) is -0.103. The number of hydrogen-bond acceptors (Lipinski definition) is 2. The Balaban J connectivity index is 2.52. The smallest absolute Gasteiger partial charge is 0.153 e. The third-order valence-electron chi connectivity index (χ3n) is 3.81. The molecular formula is C13H25NO. The van der Waals surface area contributed by atoms with E-state index < -0.39 is 0 Å². The molecule has 1 rings (SSSR count). The summed E-state index contributed by atoms with van der Waals surface area (Å²) >= 11 is 0. The Kier molecular flexibility index (Phi) is 4.78. The number of carbonyl (C=O) groups is 1. The van der Waals surface area contributed by atoms with E-state index >= 15 is 0 Å². The maximum atomic E-state index is 12.2. The maximum Gasteiger partial charge on any atom is 0.153 e. The van der Waals surface area contributed by atoms with Gasteiger partial charge in [-0.05, 0) is 33.4 Å². The second-order valence-electron chi connectivity index (χ2n) is 5.01. The molecule has 0 saturated heterocycles. The Labute approximate surface area is 94.0 Å². The molecule has 0 aromatic rings. The van der Waals surface area contributed by atoms with E-state index in [4.69, 9.17) is 0 Å². The largest absolute Gasteiger partial charge is 0.298 e. The first-order chi connectivity index (χ1) is 7.13. The Morgan fingerprint density at radius 1 is 1.20 bits per heavy atom. The van der Waals surface area contributed by atoms with Gasteiger partial charge in [-0.2, -0.15) is 0 Å². The second kappa shape index (κ2) is 5.64. The molecule has 0 unspecified atom stereocenters. The van der Waals surface area contributed by atoms with Gasteiger partial charge in [0.1, 0.15) is 0 Å². The molecular weight excluding hydrogens is 186 g/mol. The minimum Gasteiger partial charge on any atom is -0.298 e. The molecule has 0 aliphatic heterocycles. The van der Waals surface area contributed by atoms with Gasteiger partial charge < -0.3 is 0 Å². The zero-order valence-corrected chi connectivity index (χ0v) is 10.5. The van der Waals surface area contributed by atoms with Crippen LogP contribution in [0.15, 0.2) is 0 Å². The number of nitrogens with zero attached hydrogens (tertiary/aromatic N) is 1. The zero-order valence-electron chi connectivity index (χ0n) is 10.5. The van der Waals surface area contributed by atoms with Crippen LogP contribution in [0.25, 0.3) is 0 Å². The fourth-order valence-corrected chi connectivity index (χ4v) is 2.70. The average molecular weight is 211 g/mol. The highest BCUT2D eigenvalue weighted by Gasteiger charge is 2.41. The molecule has 0 aromatic heterocycles. The summed E-state index contributed by atoms with van der Waals surface area (Å²) in [6, 6.07) is 0. The Morgan fingerprint density at radius 2 is 1.80 bits per heavy atom. The Bertz CT molecular complexity index is 205. The fourth-order valence-electron chi connectivity index (χ4n) is 2.70. The highest BCUT2D eigenvalue weighted by molar-refractivity contribution is 5.88. The highest BCUT2D eigenvalue weighted by atomic mass is 16.1. The van der Waals surface area contributed by atoms with Crippen LogP contribution in [-0.2, 0) is 4.79 Å². The van der Waals surface area contributed by atoms with Crippen LogP contribution < -0.4 is 0 Å². The van der Waals surface area contributed by atoms with Gasteiger partial charge in [0.05, 0.1) is 5.54 Å². The lowest BCUT2D eigenvalue weighted by Crippen LogP contribution is -2.48. The zero-order chi connectivity index (χ0) is 11.3. The van der Waals surface area contributed by atoms with E-state index in [1.54, 1.807) is 0 Å². The first kappa shape index (κ1) is 12.7. The molecule has 2 nitrogen and oxygen atoms in total. The van der Waals surface area contributed by atoms with Crippen molar-refractivity contribution in [1.82, 2.24) is 4.90 Å². The van der Waals surface area contributed by atoms with Crippen LogP contribution in [0.1, 0.15) is 58.3 Å². The third kappa shape index (κ3) is 2.81. The lowest BCUT2D eigenvalue weighted by atomic mass is 9.87. The van der Waals surface area contributed by atoms with Crippen molar-refractivity contribution >= 4 is 5.78 Å². The van der Waals surface area contributed by atoms with Crippen molar-refractivity contribution in [3.8, 4) is 0 Å². The van der Waals surface area contributed by atoms with E-state index in [0.717, 1.165) is 25.7 Å². The maximum absolute atomic E-state index is 12.2. The number of unbranched alkanes of at least 4 members (excludes halogenated alkanes) is 2. The molecule has 1 fully saturated rings. The molecule has 0 amide bonds. The molecule has 1 aliphatic rings. The first-order valence-corrected chi connectivity index (χ1v) is 6.34. The third-order valence-corrected chi connectivity index (χ3v) is 3.81. The number of carbonyl (C=O) groups excluding carboxylic acids is 1. The summed E-state index contributed by atoms with van der Waals surface area (Å²) < 4.78 is 0. The lowest BCUT2D eigenvalue weighted by Gasteiger charge is -2.34. The minimum absolute atomic E-state index is 0.103. The predicted octanol–water partition coefficient (Wildman–Crippen LogP) is 3.01. The van der Waals surface area contributed by atoms with Crippen LogP contribution in [0.4, 0.5) is 0 Å². The topological polar surface area (TPSA) is 20.3 Å². The monoisotopic (exact) mass is 211 g/mol. The molecule has 0 spiro atoms. The van der Waals surface area contributed by atoms with Gasteiger partial charge in [0.25, 0.3) is 0 Å². The number of ketones is 1. The van der Waals surface area contributed by atoms with Gasteiger partial charge in [0.15, 0.2) is 5.78 Å². The number of rotatable bonds is 6. The Hall–Kier alpha value is -0.370. The lowest BCUT2D eigenvalue weighted by molar-refractivity contribution is -0.129. The van der Waals surface area contributed by atoms with Crippen LogP contribution in [0.5, 0.6) is 0 Å². The van der Waals surface area contributed by atoms with Crippen molar-refractivity contribution in [3.05, 3.63) is 0 Å². The van der Waals surface area contributed by atoms with Crippen LogP contribution in [0.2, 0.25) is 0 Å². The fraction of sp³-hybridized carbons (Fsp3) is 0.923. The summed E-state index contributed by atoms with van der Waals surface area (Å²) in [6.07, 6.45) is 8.83. The van der Waals surface area contributed by atoms with Crippen LogP contribution >= 0.6 is 0 Å². The number of likely N-dealkylation sites (N-methyl/N-ethyl adjacent to an activating group) is 1. The summed E-state index contributed by atoms with van der Waals surface area (Å²) in [6.45, 7) is 2.18. The minimum atomic E-state index is -0.103. The first-order valence-electron chi connectivity index (χ1n) is 6.34. The molecule has 1 saturated carbocycles. The van der Waals surface area contributed by atoms with Crippen molar-refractivity contribution in [2.75, 3.05) is 14.1 Å². The molecule has 0 N–H and O–H groups in total. The quantitative estimate of drug-likeness (QED) is 0.629. The van der Waals surface area contributed by atoms with E-state index in [-0.39, 0.29) is 5.54 Å². The van der Waals surface area contributed by atoms with Crippen molar-refractivity contribution in [2.45, 2.75) is 63.8 Å².